The zero-order valence-corrected chi connectivity index (χ0v) is 17.0. The van der Waals surface area contributed by atoms with Gasteiger partial charge in [0.25, 0.3) is 0 Å². The molecule has 1 fully saturated rings. The molecule has 0 aliphatic carbocycles. The maximum atomic E-state index is 13.2. The zero-order valence-electron chi connectivity index (χ0n) is 16.2. The van der Waals surface area contributed by atoms with Crippen molar-refractivity contribution in [1.82, 2.24) is 4.31 Å². The van der Waals surface area contributed by atoms with Gasteiger partial charge < -0.3 is 14.4 Å². The number of nitrogens with zero attached hydrogens (tertiary/aromatic N) is 2. The molecule has 2 aromatic rings. The molecule has 0 N–H and O–H groups in total. The molecule has 27 heavy (non-hydrogen) atoms. The molecule has 0 aromatic heterocycles. The van der Waals surface area contributed by atoms with Crippen molar-refractivity contribution in [2.75, 3.05) is 45.3 Å². The van der Waals surface area contributed by atoms with Crippen LogP contribution < -0.4 is 14.4 Å². The van der Waals surface area contributed by atoms with Gasteiger partial charge in [-0.05, 0) is 49.2 Å². The van der Waals surface area contributed by atoms with E-state index < -0.39 is 10.0 Å². The second-order valence-electron chi connectivity index (χ2n) is 6.75. The van der Waals surface area contributed by atoms with E-state index in [0.29, 0.717) is 37.7 Å². The minimum absolute atomic E-state index is 0.143. The topological polar surface area (TPSA) is 59.1 Å². The predicted molar refractivity (Wildman–Crippen MR) is 106 cm³/mol. The van der Waals surface area contributed by atoms with E-state index in [1.807, 2.05) is 0 Å². The van der Waals surface area contributed by atoms with E-state index >= 15 is 0 Å². The fourth-order valence-electron chi connectivity index (χ4n) is 3.44. The molecule has 1 aliphatic heterocycles. The molecule has 0 saturated carbocycles. The number of methoxy groups -OCH3 is 2. The summed E-state index contributed by atoms with van der Waals surface area (Å²) in [4.78, 5) is 2.37. The number of hydrogen-bond donors (Lipinski definition) is 0. The Bertz CT molecular complexity index is 899. The first-order valence-electron chi connectivity index (χ1n) is 8.90. The Balaban J connectivity index is 1.81. The third-order valence-corrected chi connectivity index (χ3v) is 6.72. The van der Waals surface area contributed by atoms with Crippen LogP contribution in [0, 0.1) is 13.8 Å². The molecule has 0 bridgehead atoms. The summed E-state index contributed by atoms with van der Waals surface area (Å²) in [6, 6.07) is 11.3. The van der Waals surface area contributed by atoms with Crippen molar-refractivity contribution in [2.24, 2.45) is 0 Å². The molecule has 3 rings (SSSR count). The lowest BCUT2D eigenvalue weighted by Gasteiger charge is -2.35. The van der Waals surface area contributed by atoms with E-state index in [2.05, 4.69) is 36.9 Å². The second-order valence-corrected chi connectivity index (χ2v) is 8.66. The molecule has 0 unspecified atom stereocenters. The van der Waals surface area contributed by atoms with Gasteiger partial charge in [0.05, 0.1) is 14.2 Å². The lowest BCUT2D eigenvalue weighted by atomic mass is 10.1. The Morgan fingerprint density at radius 1 is 0.852 bits per heavy atom. The van der Waals surface area contributed by atoms with Crippen molar-refractivity contribution in [3.8, 4) is 11.5 Å². The quantitative estimate of drug-likeness (QED) is 0.786. The van der Waals surface area contributed by atoms with Gasteiger partial charge in [-0.25, -0.2) is 8.42 Å². The molecule has 6 nitrogen and oxygen atoms in total. The molecule has 7 heteroatoms. The Hall–Kier alpha value is -2.25. The SMILES string of the molecule is COc1ccc(OC)c(S(=O)(=O)N2CCN(c3cc(C)cc(C)c3)CC2)c1. The number of aryl methyl sites for hydroxylation is 2. The van der Waals surface area contributed by atoms with Gasteiger partial charge in [0.2, 0.25) is 10.0 Å². The first-order valence-corrected chi connectivity index (χ1v) is 10.3. The van der Waals surface area contributed by atoms with Crippen molar-refractivity contribution >= 4 is 15.7 Å². The summed E-state index contributed by atoms with van der Waals surface area (Å²) >= 11 is 0. The lowest BCUT2D eigenvalue weighted by molar-refractivity contribution is 0.371. The minimum Gasteiger partial charge on any atom is -0.497 e. The predicted octanol–water partition coefficient (Wildman–Crippen LogP) is 2.83. The van der Waals surface area contributed by atoms with E-state index in [1.54, 1.807) is 12.1 Å². The third-order valence-electron chi connectivity index (χ3n) is 4.80. The summed E-state index contributed by atoms with van der Waals surface area (Å²) in [5, 5.41) is 0. The normalized spacial score (nSPS) is 15.6. The Kier molecular flexibility index (Phi) is 5.62. The van der Waals surface area contributed by atoms with Gasteiger partial charge in [0.1, 0.15) is 16.4 Å². The third kappa shape index (κ3) is 4.04. The van der Waals surface area contributed by atoms with Crippen LogP contribution in [0.3, 0.4) is 0 Å². The Morgan fingerprint density at radius 2 is 1.48 bits per heavy atom. The summed E-state index contributed by atoms with van der Waals surface area (Å²) in [5.41, 5.74) is 3.56. The van der Waals surface area contributed by atoms with Crippen molar-refractivity contribution in [3.05, 3.63) is 47.5 Å². The highest BCUT2D eigenvalue weighted by Gasteiger charge is 2.31. The standard InChI is InChI=1S/C20H26N2O4S/c1-15-11-16(2)13-17(12-15)21-7-9-22(10-8-21)27(23,24)20-14-18(25-3)5-6-19(20)26-4/h5-6,11-14H,7-10H2,1-4H3. The van der Waals surface area contributed by atoms with Crippen LogP contribution in [0.25, 0.3) is 0 Å². The monoisotopic (exact) mass is 390 g/mol. The number of piperazine rings is 1. The highest BCUT2D eigenvalue weighted by atomic mass is 32.2. The maximum Gasteiger partial charge on any atom is 0.247 e. The van der Waals surface area contributed by atoms with Crippen molar-refractivity contribution in [2.45, 2.75) is 18.7 Å². The fraction of sp³-hybridized carbons (Fsp3) is 0.400. The number of sulfonamides is 1. The van der Waals surface area contributed by atoms with E-state index in [-0.39, 0.29) is 4.90 Å². The van der Waals surface area contributed by atoms with Crippen LogP contribution in [0.1, 0.15) is 11.1 Å². The molecular weight excluding hydrogens is 364 g/mol. The summed E-state index contributed by atoms with van der Waals surface area (Å²) < 4.78 is 38.3. The van der Waals surface area contributed by atoms with Gasteiger partial charge in [-0.1, -0.05) is 6.07 Å². The van der Waals surface area contributed by atoms with Crippen LogP contribution in [-0.4, -0.2) is 53.1 Å². The first-order chi connectivity index (χ1) is 12.8. The summed E-state index contributed by atoms with van der Waals surface area (Å²) in [6.07, 6.45) is 0. The van der Waals surface area contributed by atoms with Crippen LogP contribution in [-0.2, 0) is 10.0 Å². The number of benzene rings is 2. The average Bonchev–Trinajstić information content (AvgIpc) is 2.66. The number of rotatable bonds is 5. The molecule has 1 saturated heterocycles. The highest BCUT2D eigenvalue weighted by Crippen LogP contribution is 2.31. The van der Waals surface area contributed by atoms with Gasteiger partial charge in [0, 0.05) is 37.9 Å². The van der Waals surface area contributed by atoms with Crippen LogP contribution in [0.4, 0.5) is 5.69 Å². The number of anilines is 1. The first kappa shape index (κ1) is 19.5. The maximum absolute atomic E-state index is 13.2. The molecular formula is C20H26N2O4S. The summed E-state index contributed by atoms with van der Waals surface area (Å²) in [6.45, 7) is 6.30. The van der Waals surface area contributed by atoms with Gasteiger partial charge in [-0.2, -0.15) is 4.31 Å². The van der Waals surface area contributed by atoms with Crippen LogP contribution in [0.2, 0.25) is 0 Å². The lowest BCUT2D eigenvalue weighted by Crippen LogP contribution is -2.48. The van der Waals surface area contributed by atoms with Crippen molar-refractivity contribution in [1.29, 1.82) is 0 Å². The zero-order chi connectivity index (χ0) is 19.6. The molecule has 0 atom stereocenters. The van der Waals surface area contributed by atoms with Crippen LogP contribution in [0.5, 0.6) is 11.5 Å². The molecule has 1 heterocycles. The smallest absolute Gasteiger partial charge is 0.247 e. The average molecular weight is 391 g/mol. The van der Waals surface area contributed by atoms with Gasteiger partial charge >= 0.3 is 0 Å². The molecule has 0 amide bonds. The molecule has 146 valence electrons. The van der Waals surface area contributed by atoms with E-state index in [0.717, 1.165) is 5.69 Å². The van der Waals surface area contributed by atoms with Crippen LogP contribution >= 0.6 is 0 Å². The number of hydrogen-bond acceptors (Lipinski definition) is 5. The molecule has 2 aromatic carbocycles. The van der Waals surface area contributed by atoms with E-state index in [1.165, 1.54) is 35.7 Å². The number of ether oxygens (including phenoxy) is 2. The summed E-state index contributed by atoms with van der Waals surface area (Å²) in [7, 11) is -0.672. The van der Waals surface area contributed by atoms with Crippen LogP contribution in [0.15, 0.2) is 41.3 Å². The van der Waals surface area contributed by atoms with Crippen molar-refractivity contribution in [3.63, 3.8) is 0 Å². The highest BCUT2D eigenvalue weighted by molar-refractivity contribution is 7.89. The fourth-order valence-corrected chi connectivity index (χ4v) is 5.04. The van der Waals surface area contributed by atoms with Gasteiger partial charge in [-0.3, -0.25) is 0 Å². The molecule has 0 radical (unpaired) electrons. The Labute approximate surface area is 161 Å². The second kappa shape index (κ2) is 7.78. The van der Waals surface area contributed by atoms with E-state index in [9.17, 15) is 8.42 Å². The molecule has 0 spiro atoms. The van der Waals surface area contributed by atoms with Gasteiger partial charge in [0.15, 0.2) is 0 Å². The molecule has 1 aliphatic rings. The van der Waals surface area contributed by atoms with Crippen molar-refractivity contribution < 1.29 is 17.9 Å². The Morgan fingerprint density at radius 3 is 2.04 bits per heavy atom. The van der Waals surface area contributed by atoms with E-state index in [4.69, 9.17) is 9.47 Å². The minimum atomic E-state index is -3.66. The summed E-state index contributed by atoms with van der Waals surface area (Å²) in [5.74, 6) is 0.816. The largest absolute Gasteiger partial charge is 0.497 e. The van der Waals surface area contributed by atoms with Gasteiger partial charge in [-0.15, -0.1) is 0 Å².